The van der Waals surface area contributed by atoms with Gasteiger partial charge in [0.05, 0.1) is 0 Å². The van der Waals surface area contributed by atoms with Gasteiger partial charge in [-0.15, -0.1) is 0 Å². The van der Waals surface area contributed by atoms with Gasteiger partial charge < -0.3 is 9.11 Å². The SMILES string of the molecule is CC[S+]([O-])c1nn(-c2cc([S+]([O-])CC(F)(F)F)c(C)cc2F)c(=O)n1C. The summed E-state index contributed by atoms with van der Waals surface area (Å²) >= 11 is -4.08. The molecule has 1 aromatic carbocycles. The van der Waals surface area contributed by atoms with E-state index in [1.165, 1.54) is 14.0 Å². The molecule has 26 heavy (non-hydrogen) atoms. The zero-order valence-electron chi connectivity index (χ0n) is 14.0. The zero-order chi connectivity index (χ0) is 19.8. The summed E-state index contributed by atoms with van der Waals surface area (Å²) in [6, 6.07) is 1.79. The normalized spacial score (nSPS) is 14.5. The molecule has 0 aliphatic heterocycles. The molecule has 0 aliphatic rings. The minimum atomic E-state index is -4.67. The lowest BCUT2D eigenvalue weighted by Gasteiger charge is -2.15. The van der Waals surface area contributed by atoms with Crippen LogP contribution in [0.25, 0.3) is 5.69 Å². The van der Waals surface area contributed by atoms with Crippen molar-refractivity contribution in [1.29, 1.82) is 0 Å². The van der Waals surface area contributed by atoms with Crippen molar-refractivity contribution in [3.05, 3.63) is 34.0 Å². The number of aromatic nitrogens is 3. The molecule has 1 aromatic heterocycles. The first kappa shape index (κ1) is 20.8. The molecular formula is C14H15F4N3O3S2. The predicted octanol–water partition coefficient (Wildman–Crippen LogP) is 1.82. The summed E-state index contributed by atoms with van der Waals surface area (Å²) in [4.78, 5) is 12.0. The van der Waals surface area contributed by atoms with E-state index in [1.807, 2.05) is 0 Å². The van der Waals surface area contributed by atoms with E-state index in [0.29, 0.717) is 4.68 Å². The molecule has 2 aromatic rings. The van der Waals surface area contributed by atoms with Crippen molar-refractivity contribution >= 4 is 22.4 Å². The average molecular weight is 413 g/mol. The van der Waals surface area contributed by atoms with Crippen molar-refractivity contribution in [2.75, 3.05) is 11.5 Å². The van der Waals surface area contributed by atoms with Crippen molar-refractivity contribution in [2.24, 2.45) is 7.05 Å². The lowest BCUT2D eigenvalue weighted by atomic mass is 10.2. The van der Waals surface area contributed by atoms with E-state index in [-0.39, 0.29) is 21.4 Å². The molecule has 0 bridgehead atoms. The van der Waals surface area contributed by atoms with E-state index in [4.69, 9.17) is 0 Å². The van der Waals surface area contributed by atoms with Gasteiger partial charge in [0.2, 0.25) is 5.75 Å². The molecule has 144 valence electrons. The maximum Gasteiger partial charge on any atom is 0.433 e. The third-order valence-corrected chi connectivity index (χ3v) is 6.23. The highest BCUT2D eigenvalue weighted by Crippen LogP contribution is 2.27. The van der Waals surface area contributed by atoms with Gasteiger partial charge in [0.1, 0.15) is 17.3 Å². The molecule has 2 unspecified atom stereocenters. The monoisotopic (exact) mass is 413 g/mol. The topological polar surface area (TPSA) is 85.9 Å². The molecule has 0 radical (unpaired) electrons. The lowest BCUT2D eigenvalue weighted by molar-refractivity contribution is -0.106. The minimum Gasteiger partial charge on any atom is -0.611 e. The first-order valence-electron chi connectivity index (χ1n) is 7.26. The van der Waals surface area contributed by atoms with Crippen LogP contribution in [0.4, 0.5) is 17.6 Å². The van der Waals surface area contributed by atoms with Crippen LogP contribution in [0.15, 0.2) is 27.0 Å². The Morgan fingerprint density at radius 1 is 1.23 bits per heavy atom. The van der Waals surface area contributed by atoms with Crippen molar-refractivity contribution in [3.8, 4) is 5.69 Å². The maximum absolute atomic E-state index is 14.3. The summed E-state index contributed by atoms with van der Waals surface area (Å²) in [5.41, 5.74) is -1.23. The summed E-state index contributed by atoms with van der Waals surface area (Å²) in [5, 5.41) is 3.72. The van der Waals surface area contributed by atoms with Gasteiger partial charge in [-0.25, -0.2) is 13.8 Å². The molecule has 1 heterocycles. The molecule has 0 amide bonds. The number of nitrogens with zero attached hydrogens (tertiary/aromatic N) is 3. The van der Waals surface area contributed by atoms with E-state index in [0.717, 1.165) is 16.7 Å². The van der Waals surface area contributed by atoms with Gasteiger partial charge in [0, 0.05) is 29.9 Å². The second kappa shape index (κ2) is 7.62. The molecule has 0 N–H and O–H groups in total. The van der Waals surface area contributed by atoms with Crippen LogP contribution in [0.3, 0.4) is 0 Å². The smallest absolute Gasteiger partial charge is 0.433 e. The van der Waals surface area contributed by atoms with Crippen LogP contribution in [0, 0.1) is 12.7 Å². The Morgan fingerprint density at radius 2 is 1.85 bits per heavy atom. The van der Waals surface area contributed by atoms with Crippen LogP contribution in [-0.2, 0) is 29.4 Å². The summed E-state index contributed by atoms with van der Waals surface area (Å²) in [7, 11) is 1.30. The Bertz CT molecular complexity index is 866. The number of alkyl halides is 3. The molecule has 2 rings (SSSR count). The molecule has 6 nitrogen and oxygen atoms in total. The number of benzene rings is 1. The molecule has 12 heteroatoms. The summed E-state index contributed by atoms with van der Waals surface area (Å²) < 4.78 is 77.3. The highest BCUT2D eigenvalue weighted by Gasteiger charge is 2.36. The number of aryl methyl sites for hydroxylation is 1. The van der Waals surface area contributed by atoms with E-state index in [1.54, 1.807) is 6.92 Å². The lowest BCUT2D eigenvalue weighted by Crippen LogP contribution is -2.25. The summed E-state index contributed by atoms with van der Waals surface area (Å²) in [6.45, 7) is 2.92. The second-order valence-electron chi connectivity index (χ2n) is 5.34. The fourth-order valence-electron chi connectivity index (χ4n) is 2.18. The molecule has 0 spiro atoms. The number of halogens is 4. The Labute approximate surface area is 152 Å². The van der Waals surface area contributed by atoms with Gasteiger partial charge in [0.15, 0.2) is 4.90 Å². The Morgan fingerprint density at radius 3 is 2.38 bits per heavy atom. The zero-order valence-corrected chi connectivity index (χ0v) is 15.6. The van der Waals surface area contributed by atoms with Gasteiger partial charge in [0.25, 0.3) is 0 Å². The van der Waals surface area contributed by atoms with Crippen LogP contribution in [0.1, 0.15) is 12.5 Å². The van der Waals surface area contributed by atoms with Crippen molar-refractivity contribution in [2.45, 2.75) is 30.1 Å². The first-order valence-corrected chi connectivity index (χ1v) is 9.90. The standard InChI is InChI=1S/C14H15F4N3O3S2/c1-4-25(23)12-19-21(13(22)20(12)3)10-6-11(8(2)5-9(10)15)26(24)7-14(16,17)18/h5-6H,4,7H2,1-3H3. The predicted molar refractivity (Wildman–Crippen MR) is 87.8 cm³/mol. The van der Waals surface area contributed by atoms with E-state index in [9.17, 15) is 31.5 Å². The second-order valence-corrected chi connectivity index (χ2v) is 8.40. The molecule has 0 aliphatic carbocycles. The van der Waals surface area contributed by atoms with Gasteiger partial charge in [-0.3, -0.25) is 0 Å². The van der Waals surface area contributed by atoms with Crippen molar-refractivity contribution in [1.82, 2.24) is 14.3 Å². The minimum absolute atomic E-state index is 0.0511. The third-order valence-electron chi connectivity index (χ3n) is 3.42. The first-order chi connectivity index (χ1) is 12.0. The fourth-order valence-corrected chi connectivity index (χ4v) is 4.11. The van der Waals surface area contributed by atoms with Crippen LogP contribution in [0.2, 0.25) is 0 Å². The van der Waals surface area contributed by atoms with Crippen LogP contribution in [0.5, 0.6) is 0 Å². The molecular weight excluding hydrogens is 398 g/mol. The quantitative estimate of drug-likeness (QED) is 0.553. The third kappa shape index (κ3) is 4.24. The number of rotatable bonds is 5. The molecule has 0 saturated carbocycles. The van der Waals surface area contributed by atoms with Crippen LogP contribution in [-0.4, -0.2) is 41.1 Å². The van der Waals surface area contributed by atoms with Crippen molar-refractivity contribution < 1.29 is 26.7 Å². The fraction of sp³-hybridized carbons (Fsp3) is 0.429. The molecule has 2 atom stereocenters. The largest absolute Gasteiger partial charge is 0.611 e. The number of hydrogen-bond donors (Lipinski definition) is 0. The molecule has 0 fully saturated rings. The van der Waals surface area contributed by atoms with Crippen LogP contribution >= 0.6 is 0 Å². The highest BCUT2D eigenvalue weighted by molar-refractivity contribution is 7.91. The molecule has 0 saturated heterocycles. The average Bonchev–Trinajstić information content (AvgIpc) is 2.81. The van der Waals surface area contributed by atoms with Gasteiger partial charge in [-0.2, -0.15) is 17.9 Å². The van der Waals surface area contributed by atoms with E-state index < -0.39 is 51.5 Å². The summed E-state index contributed by atoms with van der Waals surface area (Å²) in [6.07, 6.45) is -4.67. The summed E-state index contributed by atoms with van der Waals surface area (Å²) in [5.74, 6) is -2.35. The van der Waals surface area contributed by atoms with Gasteiger partial charge in [-0.05, 0) is 31.1 Å². The van der Waals surface area contributed by atoms with Crippen molar-refractivity contribution in [3.63, 3.8) is 0 Å². The van der Waals surface area contributed by atoms with Gasteiger partial charge >= 0.3 is 17.0 Å². The Balaban J connectivity index is 2.58. The number of hydrogen-bond acceptors (Lipinski definition) is 4. The van der Waals surface area contributed by atoms with E-state index >= 15 is 0 Å². The maximum atomic E-state index is 14.3. The Hall–Kier alpha value is -1.50. The van der Waals surface area contributed by atoms with Crippen LogP contribution < -0.4 is 5.69 Å². The van der Waals surface area contributed by atoms with Gasteiger partial charge in [-0.1, -0.05) is 5.10 Å². The highest BCUT2D eigenvalue weighted by atomic mass is 32.2. The van der Waals surface area contributed by atoms with E-state index in [2.05, 4.69) is 5.10 Å². The Kier molecular flexibility index (Phi) is 6.10.